The molecule has 2 aliphatic rings. The van der Waals surface area contributed by atoms with Gasteiger partial charge in [0.1, 0.15) is 0 Å². The van der Waals surface area contributed by atoms with E-state index in [0.717, 1.165) is 32.3 Å². The number of nitriles is 1. The molecule has 1 aliphatic carbocycles. The van der Waals surface area contributed by atoms with Crippen LogP contribution in [-0.2, 0) is 17.6 Å². The van der Waals surface area contributed by atoms with Crippen molar-refractivity contribution in [2.45, 2.75) is 44.6 Å². The van der Waals surface area contributed by atoms with Crippen molar-refractivity contribution in [3.63, 3.8) is 0 Å². The lowest BCUT2D eigenvalue weighted by atomic mass is 9.81. The summed E-state index contributed by atoms with van der Waals surface area (Å²) in [5, 5.41) is 9.57. The zero-order valence-corrected chi connectivity index (χ0v) is 10.7. The van der Waals surface area contributed by atoms with Crippen molar-refractivity contribution in [1.29, 1.82) is 5.26 Å². The number of nitrogens with zero attached hydrogens (tertiary/aromatic N) is 1. The minimum Gasteiger partial charge on any atom is -0.378 e. The van der Waals surface area contributed by atoms with E-state index in [1.54, 1.807) is 0 Å². The molecule has 2 nitrogen and oxygen atoms in total. The number of ether oxygens (including phenoxy) is 1. The average molecular weight is 241 g/mol. The van der Waals surface area contributed by atoms with E-state index in [1.807, 2.05) is 0 Å². The fourth-order valence-corrected chi connectivity index (χ4v) is 3.32. The van der Waals surface area contributed by atoms with Crippen LogP contribution >= 0.6 is 0 Å². The first-order valence-electron chi connectivity index (χ1n) is 6.91. The predicted octanol–water partition coefficient (Wildman–Crippen LogP) is 3.25. The summed E-state index contributed by atoms with van der Waals surface area (Å²) >= 11 is 0. The second-order valence-electron chi connectivity index (χ2n) is 5.69. The Bertz CT molecular complexity index is 443. The van der Waals surface area contributed by atoms with Gasteiger partial charge in [0.2, 0.25) is 0 Å². The Morgan fingerprint density at radius 1 is 1.28 bits per heavy atom. The van der Waals surface area contributed by atoms with E-state index in [0.29, 0.717) is 6.10 Å². The molecular formula is C16H19NO. The van der Waals surface area contributed by atoms with Gasteiger partial charge in [-0.05, 0) is 49.7 Å². The Morgan fingerprint density at radius 3 is 2.56 bits per heavy atom. The largest absolute Gasteiger partial charge is 0.378 e. The molecule has 0 aromatic heterocycles. The Hall–Kier alpha value is -1.33. The molecule has 1 unspecified atom stereocenters. The minimum atomic E-state index is -0.171. The molecule has 0 saturated carbocycles. The molecule has 1 saturated heterocycles. The average Bonchev–Trinajstić information content (AvgIpc) is 3.03. The number of rotatable bonds is 3. The summed E-state index contributed by atoms with van der Waals surface area (Å²) in [7, 11) is 0. The van der Waals surface area contributed by atoms with E-state index in [1.165, 1.54) is 24.0 Å². The molecule has 0 radical (unpaired) electrons. The first-order valence-corrected chi connectivity index (χ1v) is 6.91. The lowest BCUT2D eigenvalue weighted by molar-refractivity contribution is 0.0942. The fraction of sp³-hybridized carbons (Fsp3) is 0.562. The van der Waals surface area contributed by atoms with E-state index < -0.39 is 0 Å². The second-order valence-corrected chi connectivity index (χ2v) is 5.69. The van der Waals surface area contributed by atoms with Crippen molar-refractivity contribution >= 4 is 0 Å². The standard InChI is InChI=1S/C16H19NO/c17-12-16(8-7-15-6-3-9-18-15)10-13-4-1-2-5-14(13)11-16/h1-2,4-5,15H,3,6-11H2. The fourth-order valence-electron chi connectivity index (χ4n) is 3.32. The lowest BCUT2D eigenvalue weighted by Crippen LogP contribution is -2.21. The van der Waals surface area contributed by atoms with Gasteiger partial charge in [-0.25, -0.2) is 0 Å². The third-order valence-electron chi connectivity index (χ3n) is 4.38. The maximum Gasteiger partial charge on any atom is 0.0696 e. The summed E-state index contributed by atoms with van der Waals surface area (Å²) in [5.41, 5.74) is 2.56. The summed E-state index contributed by atoms with van der Waals surface area (Å²) in [6.45, 7) is 0.907. The molecule has 2 heteroatoms. The van der Waals surface area contributed by atoms with Gasteiger partial charge in [-0.1, -0.05) is 24.3 Å². The van der Waals surface area contributed by atoms with Crippen molar-refractivity contribution in [2.24, 2.45) is 5.41 Å². The van der Waals surface area contributed by atoms with Crippen LogP contribution in [0.25, 0.3) is 0 Å². The van der Waals surface area contributed by atoms with E-state index in [-0.39, 0.29) is 5.41 Å². The minimum absolute atomic E-state index is 0.171. The quantitative estimate of drug-likeness (QED) is 0.813. The van der Waals surface area contributed by atoms with Crippen LogP contribution in [0.4, 0.5) is 0 Å². The molecule has 1 heterocycles. The molecule has 0 bridgehead atoms. The first kappa shape index (κ1) is 11.7. The lowest BCUT2D eigenvalue weighted by Gasteiger charge is -2.21. The van der Waals surface area contributed by atoms with Gasteiger partial charge in [0, 0.05) is 6.61 Å². The van der Waals surface area contributed by atoms with Crippen molar-refractivity contribution in [2.75, 3.05) is 6.61 Å². The van der Waals surface area contributed by atoms with Gasteiger partial charge in [0.05, 0.1) is 17.6 Å². The molecule has 0 amide bonds. The molecule has 94 valence electrons. The zero-order valence-electron chi connectivity index (χ0n) is 10.7. The normalized spacial score (nSPS) is 24.7. The SMILES string of the molecule is N#CC1(CCC2CCCO2)Cc2ccccc2C1. The van der Waals surface area contributed by atoms with Crippen LogP contribution in [-0.4, -0.2) is 12.7 Å². The summed E-state index contributed by atoms with van der Waals surface area (Å²) in [5.74, 6) is 0. The highest BCUT2D eigenvalue weighted by Crippen LogP contribution is 2.40. The van der Waals surface area contributed by atoms with Crippen molar-refractivity contribution in [3.05, 3.63) is 35.4 Å². The van der Waals surface area contributed by atoms with Crippen molar-refractivity contribution < 1.29 is 4.74 Å². The Morgan fingerprint density at radius 2 is 2.00 bits per heavy atom. The summed E-state index contributed by atoms with van der Waals surface area (Å²) in [6.07, 6.45) is 6.63. The Kier molecular flexibility index (Phi) is 3.09. The van der Waals surface area contributed by atoms with E-state index in [2.05, 4.69) is 30.3 Å². The summed E-state index contributed by atoms with van der Waals surface area (Å²) in [6, 6.07) is 11.1. The van der Waals surface area contributed by atoms with E-state index >= 15 is 0 Å². The maximum absolute atomic E-state index is 9.57. The maximum atomic E-state index is 9.57. The van der Waals surface area contributed by atoms with Crippen molar-refractivity contribution in [1.82, 2.24) is 0 Å². The van der Waals surface area contributed by atoms with Crippen LogP contribution in [0.1, 0.15) is 36.8 Å². The summed E-state index contributed by atoms with van der Waals surface area (Å²) < 4.78 is 5.67. The predicted molar refractivity (Wildman–Crippen MR) is 70.1 cm³/mol. The molecule has 1 aliphatic heterocycles. The van der Waals surface area contributed by atoms with Gasteiger partial charge < -0.3 is 4.74 Å². The summed E-state index contributed by atoms with van der Waals surface area (Å²) in [4.78, 5) is 0. The van der Waals surface area contributed by atoms with Crippen LogP contribution in [0.5, 0.6) is 0 Å². The molecule has 3 rings (SSSR count). The number of benzene rings is 1. The molecule has 0 spiro atoms. The molecule has 18 heavy (non-hydrogen) atoms. The van der Waals surface area contributed by atoms with E-state index in [9.17, 15) is 5.26 Å². The van der Waals surface area contributed by atoms with Gasteiger partial charge in [-0.15, -0.1) is 0 Å². The van der Waals surface area contributed by atoms with Gasteiger partial charge in [-0.2, -0.15) is 5.26 Å². The van der Waals surface area contributed by atoms with Crippen LogP contribution in [0, 0.1) is 16.7 Å². The highest BCUT2D eigenvalue weighted by atomic mass is 16.5. The molecule has 1 atom stereocenters. The van der Waals surface area contributed by atoms with Crippen LogP contribution < -0.4 is 0 Å². The molecule has 0 N–H and O–H groups in total. The number of hydrogen-bond donors (Lipinski definition) is 0. The highest BCUT2D eigenvalue weighted by Gasteiger charge is 2.37. The molecular weight excluding hydrogens is 222 g/mol. The third kappa shape index (κ3) is 2.15. The smallest absolute Gasteiger partial charge is 0.0696 e. The van der Waals surface area contributed by atoms with Gasteiger partial charge in [0.15, 0.2) is 0 Å². The zero-order chi connectivity index (χ0) is 12.4. The number of fused-ring (bicyclic) bond motifs is 1. The Labute approximate surface area is 109 Å². The Balaban J connectivity index is 1.68. The van der Waals surface area contributed by atoms with Gasteiger partial charge >= 0.3 is 0 Å². The van der Waals surface area contributed by atoms with Gasteiger partial charge in [0.25, 0.3) is 0 Å². The van der Waals surface area contributed by atoms with Crippen LogP contribution in [0.3, 0.4) is 0 Å². The molecule has 1 fully saturated rings. The molecule has 1 aromatic carbocycles. The third-order valence-corrected chi connectivity index (χ3v) is 4.38. The number of hydrogen-bond acceptors (Lipinski definition) is 2. The van der Waals surface area contributed by atoms with Crippen LogP contribution in [0.15, 0.2) is 24.3 Å². The van der Waals surface area contributed by atoms with E-state index in [4.69, 9.17) is 4.74 Å². The topological polar surface area (TPSA) is 33.0 Å². The second kappa shape index (κ2) is 4.74. The van der Waals surface area contributed by atoms with Crippen molar-refractivity contribution in [3.8, 4) is 6.07 Å². The molecule has 1 aromatic rings. The van der Waals surface area contributed by atoms with Crippen LogP contribution in [0.2, 0.25) is 0 Å². The monoisotopic (exact) mass is 241 g/mol. The van der Waals surface area contributed by atoms with Gasteiger partial charge in [-0.3, -0.25) is 0 Å². The first-order chi connectivity index (χ1) is 8.81. The highest BCUT2D eigenvalue weighted by molar-refractivity contribution is 5.36.